The topological polar surface area (TPSA) is 71.5 Å². The highest BCUT2D eigenvalue weighted by molar-refractivity contribution is 9.10. The summed E-state index contributed by atoms with van der Waals surface area (Å²) < 4.78 is 6.54. The van der Waals surface area contributed by atoms with Crippen LogP contribution in [0.1, 0.15) is 35.7 Å². The van der Waals surface area contributed by atoms with E-state index in [0.717, 1.165) is 41.8 Å². The summed E-state index contributed by atoms with van der Waals surface area (Å²) in [7, 11) is 0. The van der Waals surface area contributed by atoms with Crippen LogP contribution in [0.25, 0.3) is 0 Å². The van der Waals surface area contributed by atoms with E-state index in [1.165, 1.54) is 0 Å². The van der Waals surface area contributed by atoms with Gasteiger partial charge in [-0.15, -0.1) is 0 Å². The Morgan fingerprint density at radius 1 is 1.29 bits per heavy atom. The van der Waals surface area contributed by atoms with E-state index in [2.05, 4.69) is 44.1 Å². The van der Waals surface area contributed by atoms with E-state index in [1.54, 1.807) is 25.1 Å². The molecule has 1 fully saturated rings. The van der Waals surface area contributed by atoms with Crippen LogP contribution in [0.4, 0.5) is 11.5 Å². The van der Waals surface area contributed by atoms with Crippen LogP contribution >= 0.6 is 15.9 Å². The van der Waals surface area contributed by atoms with Gasteiger partial charge in [-0.05, 0) is 72.4 Å². The van der Waals surface area contributed by atoms with Crippen molar-refractivity contribution in [2.24, 2.45) is 5.92 Å². The van der Waals surface area contributed by atoms with Gasteiger partial charge in [-0.2, -0.15) is 0 Å². The molecule has 4 rings (SSSR count). The number of halogens is 1. The van der Waals surface area contributed by atoms with Crippen molar-refractivity contribution in [3.63, 3.8) is 0 Å². The molecule has 1 saturated heterocycles. The van der Waals surface area contributed by atoms with E-state index in [-0.39, 0.29) is 17.6 Å². The number of aromatic nitrogens is 1. The quantitative estimate of drug-likeness (QED) is 0.726. The average Bonchev–Trinajstić information content (AvgIpc) is 2.68. The van der Waals surface area contributed by atoms with Crippen LogP contribution in [0.2, 0.25) is 0 Å². The molecule has 2 aromatic rings. The maximum Gasteiger partial charge on any atom is 0.265 e. The number of anilines is 2. The van der Waals surface area contributed by atoms with Gasteiger partial charge in [0.25, 0.3) is 5.91 Å². The van der Waals surface area contributed by atoms with E-state index in [0.29, 0.717) is 17.0 Å². The molecule has 0 saturated carbocycles. The molecule has 1 unspecified atom stereocenters. The van der Waals surface area contributed by atoms with Gasteiger partial charge in [0.05, 0.1) is 5.69 Å². The van der Waals surface area contributed by atoms with Crippen molar-refractivity contribution in [2.45, 2.75) is 32.8 Å². The van der Waals surface area contributed by atoms with Gasteiger partial charge in [-0.25, -0.2) is 4.98 Å². The molecule has 0 aliphatic carbocycles. The number of nitrogens with one attached hydrogen (secondary N) is 1. The van der Waals surface area contributed by atoms with Crippen LogP contribution in [0.5, 0.6) is 5.75 Å². The number of hydrogen-bond acceptors (Lipinski definition) is 5. The lowest BCUT2D eigenvalue weighted by atomic mass is 9.88. The van der Waals surface area contributed by atoms with Gasteiger partial charge >= 0.3 is 0 Å². The van der Waals surface area contributed by atoms with Crippen LogP contribution in [-0.4, -0.2) is 35.9 Å². The number of nitrogens with zero attached hydrogens (tertiary/aromatic N) is 2. The number of rotatable bonds is 3. The van der Waals surface area contributed by atoms with E-state index < -0.39 is 6.10 Å². The third kappa shape index (κ3) is 3.63. The first kappa shape index (κ1) is 18.9. The molecular formula is C21H22BrN3O3. The fourth-order valence-electron chi connectivity index (χ4n) is 3.82. The van der Waals surface area contributed by atoms with E-state index in [9.17, 15) is 9.59 Å². The molecule has 0 bridgehead atoms. The number of ketones is 1. The first-order valence-corrected chi connectivity index (χ1v) is 10.2. The Hall–Kier alpha value is -2.41. The lowest BCUT2D eigenvalue weighted by Gasteiger charge is -2.33. The highest BCUT2D eigenvalue weighted by atomic mass is 79.9. The van der Waals surface area contributed by atoms with Gasteiger partial charge < -0.3 is 15.0 Å². The summed E-state index contributed by atoms with van der Waals surface area (Å²) in [6.45, 7) is 5.35. The minimum Gasteiger partial charge on any atom is -0.479 e. The summed E-state index contributed by atoms with van der Waals surface area (Å²) in [4.78, 5) is 31.6. The number of amides is 1. The Labute approximate surface area is 172 Å². The molecule has 1 amide bonds. The van der Waals surface area contributed by atoms with Crippen molar-refractivity contribution in [1.82, 2.24) is 4.98 Å². The number of aryl methyl sites for hydroxylation is 1. The lowest BCUT2D eigenvalue weighted by molar-refractivity contribution is -0.122. The fourth-order valence-corrected chi connectivity index (χ4v) is 4.26. The summed E-state index contributed by atoms with van der Waals surface area (Å²) in [5, 5.41) is 2.81. The second-order valence-corrected chi connectivity index (χ2v) is 8.30. The number of fused-ring (bicyclic) bond motifs is 1. The monoisotopic (exact) mass is 443 g/mol. The molecule has 6 nitrogen and oxygen atoms in total. The Morgan fingerprint density at radius 2 is 2.04 bits per heavy atom. The molecular weight excluding hydrogens is 422 g/mol. The summed E-state index contributed by atoms with van der Waals surface area (Å²) in [5.41, 5.74) is 2.31. The van der Waals surface area contributed by atoms with Crippen LogP contribution in [-0.2, 0) is 4.79 Å². The molecule has 0 radical (unpaired) electrons. The molecule has 1 atom stereocenters. The van der Waals surface area contributed by atoms with Crippen LogP contribution in [0.15, 0.2) is 34.9 Å². The van der Waals surface area contributed by atoms with Gasteiger partial charge in [-0.1, -0.05) is 0 Å². The van der Waals surface area contributed by atoms with E-state index in [4.69, 9.17) is 4.74 Å². The summed E-state index contributed by atoms with van der Waals surface area (Å²) in [6.07, 6.45) is 2.86. The number of carbonyl (C=O) groups is 2. The van der Waals surface area contributed by atoms with Gasteiger partial charge in [0, 0.05) is 35.2 Å². The van der Waals surface area contributed by atoms with E-state index >= 15 is 0 Å². The highest BCUT2D eigenvalue weighted by Crippen LogP contribution is 2.33. The predicted molar refractivity (Wildman–Crippen MR) is 111 cm³/mol. The third-order valence-corrected chi connectivity index (χ3v) is 5.81. The van der Waals surface area contributed by atoms with Crippen LogP contribution < -0.4 is 15.0 Å². The second kappa shape index (κ2) is 7.54. The Kier molecular flexibility index (Phi) is 5.10. The first-order chi connectivity index (χ1) is 13.4. The zero-order valence-corrected chi connectivity index (χ0v) is 17.5. The highest BCUT2D eigenvalue weighted by Gasteiger charge is 2.29. The van der Waals surface area contributed by atoms with Gasteiger partial charge in [0.2, 0.25) is 0 Å². The maximum absolute atomic E-state index is 13.0. The van der Waals surface area contributed by atoms with Crippen molar-refractivity contribution in [3.8, 4) is 5.75 Å². The molecule has 2 aliphatic heterocycles. The molecule has 28 heavy (non-hydrogen) atoms. The molecule has 3 heterocycles. The van der Waals surface area contributed by atoms with E-state index in [1.807, 2.05) is 6.20 Å². The maximum atomic E-state index is 13.0. The molecule has 1 N–H and O–H groups in total. The van der Waals surface area contributed by atoms with Crippen molar-refractivity contribution in [1.29, 1.82) is 0 Å². The normalized spacial score (nSPS) is 19.6. The SMILES string of the molecule is Cc1cc(Br)cnc1N1CCC(C(=O)c2ccc3c(c2)NC(=O)C(C)O3)CC1. The number of carbonyl (C=O) groups excluding carboxylic acids is 2. The molecule has 1 aromatic carbocycles. The van der Waals surface area contributed by atoms with Crippen molar-refractivity contribution < 1.29 is 14.3 Å². The Morgan fingerprint density at radius 3 is 2.75 bits per heavy atom. The Bertz CT molecular complexity index is 938. The van der Waals surface area contributed by atoms with Gasteiger partial charge in [0.1, 0.15) is 11.6 Å². The average molecular weight is 444 g/mol. The number of piperidine rings is 1. The minimum atomic E-state index is -0.519. The Balaban J connectivity index is 1.44. The standard InChI is InChI=1S/C21H22BrN3O3/c1-12-9-16(22)11-23-20(12)25-7-5-14(6-8-25)19(26)15-3-4-18-17(10-15)24-21(27)13(2)28-18/h3-4,9-11,13-14H,5-8H2,1-2H3,(H,24,27). The minimum absolute atomic E-state index is 0.0239. The largest absolute Gasteiger partial charge is 0.479 e. The molecule has 0 spiro atoms. The van der Waals surface area contributed by atoms with Crippen LogP contribution in [0.3, 0.4) is 0 Å². The lowest BCUT2D eigenvalue weighted by Crippen LogP contribution is -2.37. The number of Topliss-reactive ketones (excluding diaryl/α,β-unsaturated/α-hetero) is 1. The van der Waals surface area contributed by atoms with Gasteiger partial charge in [-0.3, -0.25) is 9.59 Å². The third-order valence-electron chi connectivity index (χ3n) is 5.38. The second-order valence-electron chi connectivity index (χ2n) is 7.38. The predicted octanol–water partition coefficient (Wildman–Crippen LogP) is 3.97. The number of pyridine rings is 1. The number of ether oxygens (including phenoxy) is 1. The summed E-state index contributed by atoms with van der Waals surface area (Å²) >= 11 is 3.45. The van der Waals surface area contributed by atoms with Crippen molar-refractivity contribution in [2.75, 3.05) is 23.3 Å². The molecule has 2 aliphatic rings. The molecule has 146 valence electrons. The summed E-state index contributed by atoms with van der Waals surface area (Å²) in [5.74, 6) is 1.50. The van der Waals surface area contributed by atoms with Crippen molar-refractivity contribution >= 4 is 39.1 Å². The zero-order valence-electron chi connectivity index (χ0n) is 15.9. The molecule has 7 heteroatoms. The fraction of sp³-hybridized carbons (Fsp3) is 0.381. The summed E-state index contributed by atoms with van der Waals surface area (Å²) in [6, 6.07) is 7.35. The van der Waals surface area contributed by atoms with Crippen LogP contribution in [0, 0.1) is 12.8 Å². The number of hydrogen-bond donors (Lipinski definition) is 1. The number of benzene rings is 1. The van der Waals surface area contributed by atoms with Gasteiger partial charge in [0.15, 0.2) is 11.9 Å². The first-order valence-electron chi connectivity index (χ1n) is 9.45. The smallest absolute Gasteiger partial charge is 0.265 e. The van der Waals surface area contributed by atoms with Crippen molar-refractivity contribution in [3.05, 3.63) is 46.1 Å². The molecule has 1 aromatic heterocycles. The zero-order chi connectivity index (χ0) is 19.8.